The molecule has 0 saturated carbocycles. The Morgan fingerprint density at radius 3 is 2.27 bits per heavy atom. The summed E-state index contributed by atoms with van der Waals surface area (Å²) in [5, 5.41) is 0. The van der Waals surface area contributed by atoms with E-state index in [2.05, 4.69) is 12.1 Å². The van der Waals surface area contributed by atoms with E-state index in [0.717, 1.165) is 6.42 Å². The van der Waals surface area contributed by atoms with Crippen molar-refractivity contribution in [1.82, 2.24) is 0 Å². The number of nitrogens with two attached hydrogens (primary N) is 1. The predicted octanol–water partition coefficient (Wildman–Crippen LogP) is 1.20. The van der Waals surface area contributed by atoms with Crippen LogP contribution in [0.4, 0.5) is 0 Å². The van der Waals surface area contributed by atoms with Crippen LogP contribution in [0, 0.1) is 0 Å². The smallest absolute Gasteiger partial charge is 0.328 e. The molecule has 0 heterocycles. The first kappa shape index (κ1) is 10.9. The van der Waals surface area contributed by atoms with Crippen molar-refractivity contribution in [2.45, 2.75) is 19.4 Å². The largest absolute Gasteiger partial charge is 2.00 e. The minimum atomic E-state index is 0. The van der Waals surface area contributed by atoms with Crippen LogP contribution in [-0.4, -0.2) is 29.1 Å². The van der Waals surface area contributed by atoms with E-state index < -0.39 is 0 Å². The van der Waals surface area contributed by atoms with Gasteiger partial charge in [-0.3, -0.25) is 0 Å². The summed E-state index contributed by atoms with van der Waals surface area (Å²) in [7, 11) is 0. The molecule has 0 aliphatic rings. The van der Waals surface area contributed by atoms with Gasteiger partial charge in [0, 0.05) is 6.04 Å². The quantitative estimate of drug-likeness (QED) is 0.645. The first-order valence-electron chi connectivity index (χ1n) is 3.58. The zero-order valence-corrected chi connectivity index (χ0v) is 8.37. The van der Waals surface area contributed by atoms with Crippen LogP contribution in [0.5, 0.6) is 0 Å². The molecule has 0 aromatic heterocycles. The molecule has 2 heteroatoms. The SMILES string of the molecule is CC(N)Cc1ccccc1.[Mg+2]. The van der Waals surface area contributed by atoms with Crippen LogP contribution in [-0.2, 0) is 6.42 Å². The molecule has 0 aliphatic carbocycles. The van der Waals surface area contributed by atoms with Gasteiger partial charge in [-0.2, -0.15) is 0 Å². The van der Waals surface area contributed by atoms with Crippen LogP contribution in [0.2, 0.25) is 0 Å². The molecule has 0 amide bonds. The molecular weight excluding hydrogens is 146 g/mol. The molecule has 1 unspecified atom stereocenters. The van der Waals surface area contributed by atoms with Gasteiger partial charge in [0.15, 0.2) is 0 Å². The fraction of sp³-hybridized carbons (Fsp3) is 0.333. The molecule has 1 aromatic rings. The molecule has 0 saturated heterocycles. The molecular formula is C9H13MgN+2. The predicted molar refractivity (Wildman–Crippen MR) is 49.5 cm³/mol. The van der Waals surface area contributed by atoms with Crippen LogP contribution in [0.3, 0.4) is 0 Å². The number of hydrogen-bond acceptors (Lipinski definition) is 1. The topological polar surface area (TPSA) is 26.0 Å². The maximum Gasteiger partial charge on any atom is 2.00 e. The molecule has 54 valence electrons. The van der Waals surface area contributed by atoms with E-state index in [4.69, 9.17) is 5.73 Å². The Kier molecular flexibility index (Phi) is 5.55. The van der Waals surface area contributed by atoms with Crippen molar-refractivity contribution in [1.29, 1.82) is 0 Å². The van der Waals surface area contributed by atoms with Gasteiger partial charge in [-0.15, -0.1) is 0 Å². The average Bonchev–Trinajstić information content (AvgIpc) is 1.88. The van der Waals surface area contributed by atoms with E-state index in [-0.39, 0.29) is 29.1 Å². The van der Waals surface area contributed by atoms with Gasteiger partial charge in [-0.25, -0.2) is 0 Å². The fourth-order valence-electron chi connectivity index (χ4n) is 0.986. The zero-order valence-electron chi connectivity index (χ0n) is 6.96. The van der Waals surface area contributed by atoms with Crippen LogP contribution in [0.25, 0.3) is 0 Å². The Labute approximate surface area is 84.1 Å². The molecule has 11 heavy (non-hydrogen) atoms. The van der Waals surface area contributed by atoms with Crippen molar-refractivity contribution < 1.29 is 0 Å². The third-order valence-corrected chi connectivity index (χ3v) is 1.40. The Morgan fingerprint density at radius 1 is 1.27 bits per heavy atom. The molecule has 0 radical (unpaired) electrons. The second-order valence-electron chi connectivity index (χ2n) is 2.67. The summed E-state index contributed by atoms with van der Waals surface area (Å²) in [6, 6.07) is 10.6. The molecule has 1 aromatic carbocycles. The van der Waals surface area contributed by atoms with Crippen molar-refractivity contribution in [3.63, 3.8) is 0 Å². The average molecular weight is 160 g/mol. The summed E-state index contributed by atoms with van der Waals surface area (Å²) in [5.74, 6) is 0. The van der Waals surface area contributed by atoms with Crippen molar-refractivity contribution in [3.8, 4) is 0 Å². The van der Waals surface area contributed by atoms with Crippen molar-refractivity contribution in [2.24, 2.45) is 5.73 Å². The van der Waals surface area contributed by atoms with Gasteiger partial charge in [0.05, 0.1) is 0 Å². The van der Waals surface area contributed by atoms with Crippen LogP contribution < -0.4 is 5.73 Å². The third kappa shape index (κ3) is 4.40. The minimum Gasteiger partial charge on any atom is -0.328 e. The molecule has 0 aliphatic heterocycles. The summed E-state index contributed by atoms with van der Waals surface area (Å²) in [6.07, 6.45) is 0.973. The number of benzene rings is 1. The first-order valence-corrected chi connectivity index (χ1v) is 3.58. The van der Waals surface area contributed by atoms with Gasteiger partial charge in [0.2, 0.25) is 0 Å². The van der Waals surface area contributed by atoms with Crippen molar-refractivity contribution in [2.75, 3.05) is 0 Å². The molecule has 0 fully saturated rings. The fourth-order valence-corrected chi connectivity index (χ4v) is 0.986. The summed E-state index contributed by atoms with van der Waals surface area (Å²) in [5.41, 5.74) is 6.94. The maximum absolute atomic E-state index is 5.62. The van der Waals surface area contributed by atoms with Gasteiger partial charge in [0.25, 0.3) is 0 Å². The van der Waals surface area contributed by atoms with Gasteiger partial charge in [-0.1, -0.05) is 30.3 Å². The van der Waals surface area contributed by atoms with Crippen LogP contribution in [0.1, 0.15) is 12.5 Å². The van der Waals surface area contributed by atoms with E-state index in [1.54, 1.807) is 0 Å². The van der Waals surface area contributed by atoms with Gasteiger partial charge < -0.3 is 5.73 Å². The second-order valence-corrected chi connectivity index (χ2v) is 2.67. The van der Waals surface area contributed by atoms with Gasteiger partial charge >= 0.3 is 23.1 Å². The summed E-state index contributed by atoms with van der Waals surface area (Å²) >= 11 is 0. The van der Waals surface area contributed by atoms with Crippen LogP contribution >= 0.6 is 0 Å². The molecule has 0 spiro atoms. The third-order valence-electron chi connectivity index (χ3n) is 1.40. The monoisotopic (exact) mass is 159 g/mol. The Balaban J connectivity index is 0.000001000. The van der Waals surface area contributed by atoms with E-state index >= 15 is 0 Å². The summed E-state index contributed by atoms with van der Waals surface area (Å²) in [4.78, 5) is 0. The molecule has 0 bridgehead atoms. The minimum absolute atomic E-state index is 0. The zero-order chi connectivity index (χ0) is 7.40. The molecule has 1 rings (SSSR count). The summed E-state index contributed by atoms with van der Waals surface area (Å²) < 4.78 is 0. The van der Waals surface area contributed by atoms with Crippen LogP contribution in [0.15, 0.2) is 30.3 Å². The molecule has 1 nitrogen and oxygen atoms in total. The first-order chi connectivity index (χ1) is 4.79. The molecule has 2 N–H and O–H groups in total. The van der Waals surface area contributed by atoms with E-state index in [9.17, 15) is 0 Å². The van der Waals surface area contributed by atoms with Gasteiger partial charge in [0.1, 0.15) is 0 Å². The number of hydrogen-bond donors (Lipinski definition) is 1. The van der Waals surface area contributed by atoms with E-state index in [0.29, 0.717) is 0 Å². The Morgan fingerprint density at radius 2 is 1.82 bits per heavy atom. The standard InChI is InChI=1S/C9H13N.Mg/c1-8(10)7-9-5-3-2-4-6-9;/h2-6,8H,7,10H2,1H3;/q;+2. The van der Waals surface area contributed by atoms with Crippen molar-refractivity contribution in [3.05, 3.63) is 35.9 Å². The van der Waals surface area contributed by atoms with Gasteiger partial charge in [-0.05, 0) is 18.9 Å². The normalized spacial score (nSPS) is 11.8. The summed E-state index contributed by atoms with van der Waals surface area (Å²) in [6.45, 7) is 2.02. The van der Waals surface area contributed by atoms with E-state index in [1.165, 1.54) is 5.56 Å². The number of rotatable bonds is 2. The van der Waals surface area contributed by atoms with Crippen molar-refractivity contribution >= 4 is 23.1 Å². The Bertz CT molecular complexity index is 184. The Hall–Kier alpha value is -0.0538. The maximum atomic E-state index is 5.62. The van der Waals surface area contributed by atoms with E-state index in [1.807, 2.05) is 25.1 Å². The molecule has 1 atom stereocenters. The second kappa shape index (κ2) is 5.58.